The molecule has 1 aromatic heterocycles. The number of benzene rings is 1. The fourth-order valence-electron chi connectivity index (χ4n) is 3.29. The minimum Gasteiger partial charge on any atom is -0.369 e. The molecule has 1 fully saturated rings. The molecule has 3 rings (SSSR count). The van der Waals surface area contributed by atoms with E-state index in [9.17, 15) is 14.0 Å². The highest BCUT2D eigenvalue weighted by molar-refractivity contribution is 5.92. The molecule has 0 spiro atoms. The number of aromatic nitrogens is 2. The summed E-state index contributed by atoms with van der Waals surface area (Å²) >= 11 is 0. The van der Waals surface area contributed by atoms with Gasteiger partial charge in [-0.25, -0.2) is 9.07 Å². The van der Waals surface area contributed by atoms with Crippen LogP contribution in [0.15, 0.2) is 36.5 Å². The maximum Gasteiger partial charge on any atom is 0.271 e. The zero-order valence-corrected chi connectivity index (χ0v) is 15.1. The molecule has 144 valence electrons. The van der Waals surface area contributed by atoms with Crippen molar-refractivity contribution in [3.05, 3.63) is 48.0 Å². The Morgan fingerprint density at radius 3 is 2.96 bits per heavy atom. The number of hydrogen-bond donors (Lipinski definition) is 2. The van der Waals surface area contributed by atoms with Crippen LogP contribution in [-0.4, -0.2) is 52.7 Å². The summed E-state index contributed by atoms with van der Waals surface area (Å²) in [5.74, 6) is -0.925. The smallest absolute Gasteiger partial charge is 0.271 e. The summed E-state index contributed by atoms with van der Waals surface area (Å²) in [6.07, 6.45) is 4.23. The zero-order chi connectivity index (χ0) is 19.2. The Hall–Kier alpha value is -2.74. The fourth-order valence-corrected chi connectivity index (χ4v) is 3.29. The van der Waals surface area contributed by atoms with Crippen molar-refractivity contribution in [2.24, 2.45) is 11.7 Å². The Balaban J connectivity index is 1.44. The fraction of sp³-hybridized carbons (Fsp3) is 0.421. The Labute approximate surface area is 157 Å². The van der Waals surface area contributed by atoms with Gasteiger partial charge in [0.1, 0.15) is 5.82 Å². The average molecular weight is 373 g/mol. The molecule has 7 nitrogen and oxygen atoms in total. The highest BCUT2D eigenvalue weighted by atomic mass is 19.1. The van der Waals surface area contributed by atoms with Crippen LogP contribution in [0.25, 0.3) is 5.69 Å². The van der Waals surface area contributed by atoms with E-state index in [0.29, 0.717) is 18.8 Å². The monoisotopic (exact) mass is 373 g/mol. The Kier molecular flexibility index (Phi) is 6.18. The number of piperidine rings is 1. The second-order valence-corrected chi connectivity index (χ2v) is 6.78. The van der Waals surface area contributed by atoms with Gasteiger partial charge < -0.3 is 16.0 Å². The summed E-state index contributed by atoms with van der Waals surface area (Å²) in [6.45, 7) is 2.97. The van der Waals surface area contributed by atoms with Crippen molar-refractivity contribution in [3.8, 4) is 5.69 Å². The van der Waals surface area contributed by atoms with E-state index < -0.39 is 0 Å². The molecule has 2 heterocycles. The molecule has 1 unspecified atom stereocenters. The molecule has 1 atom stereocenters. The van der Waals surface area contributed by atoms with Crippen LogP contribution < -0.4 is 11.1 Å². The number of carbonyl (C=O) groups excluding carboxylic acids is 2. The lowest BCUT2D eigenvalue weighted by Crippen LogP contribution is -2.42. The van der Waals surface area contributed by atoms with Crippen molar-refractivity contribution in [3.63, 3.8) is 0 Å². The van der Waals surface area contributed by atoms with E-state index >= 15 is 0 Å². The molecular weight excluding hydrogens is 349 g/mol. The molecule has 8 heteroatoms. The summed E-state index contributed by atoms with van der Waals surface area (Å²) < 4.78 is 14.8. The highest BCUT2D eigenvalue weighted by Crippen LogP contribution is 2.16. The quantitative estimate of drug-likeness (QED) is 0.716. The molecule has 3 N–H and O–H groups in total. The van der Waals surface area contributed by atoms with Crippen LogP contribution in [0, 0.1) is 11.7 Å². The van der Waals surface area contributed by atoms with Crippen LogP contribution in [0.5, 0.6) is 0 Å². The predicted octanol–water partition coefficient (Wildman–Crippen LogP) is 1.33. The lowest BCUT2D eigenvalue weighted by molar-refractivity contribution is -0.123. The van der Waals surface area contributed by atoms with Gasteiger partial charge in [0, 0.05) is 19.3 Å². The van der Waals surface area contributed by atoms with Crippen LogP contribution in [0.1, 0.15) is 29.8 Å². The molecule has 0 bridgehead atoms. The van der Waals surface area contributed by atoms with E-state index in [1.165, 1.54) is 16.8 Å². The first kappa shape index (κ1) is 19.0. The summed E-state index contributed by atoms with van der Waals surface area (Å²) in [5, 5.41) is 7.04. The zero-order valence-electron chi connectivity index (χ0n) is 15.1. The molecule has 1 aliphatic rings. The molecule has 1 aromatic carbocycles. The SMILES string of the molecule is NC(=O)C1CCCN(CCCNC(=O)c2ccn(-c3cccc(F)c3)n2)C1. The van der Waals surface area contributed by atoms with Gasteiger partial charge in [-0.3, -0.25) is 9.59 Å². The maximum atomic E-state index is 13.3. The van der Waals surface area contributed by atoms with Crippen molar-refractivity contribution in [2.75, 3.05) is 26.2 Å². The van der Waals surface area contributed by atoms with Crippen molar-refractivity contribution in [1.82, 2.24) is 20.0 Å². The van der Waals surface area contributed by atoms with Crippen LogP contribution in [0.2, 0.25) is 0 Å². The number of primary amides is 1. The van der Waals surface area contributed by atoms with Crippen LogP contribution in [0.3, 0.4) is 0 Å². The van der Waals surface area contributed by atoms with Crippen LogP contribution >= 0.6 is 0 Å². The van der Waals surface area contributed by atoms with E-state index in [4.69, 9.17) is 5.73 Å². The molecule has 27 heavy (non-hydrogen) atoms. The first-order valence-electron chi connectivity index (χ1n) is 9.14. The molecule has 1 saturated heterocycles. The number of hydrogen-bond acceptors (Lipinski definition) is 4. The van der Waals surface area contributed by atoms with Gasteiger partial charge in [0.05, 0.1) is 11.6 Å². The largest absolute Gasteiger partial charge is 0.369 e. The maximum absolute atomic E-state index is 13.3. The molecule has 1 aliphatic heterocycles. The molecular formula is C19H24FN5O2. The molecule has 2 aromatic rings. The molecule has 2 amide bonds. The van der Waals surface area contributed by atoms with Gasteiger partial charge in [0.15, 0.2) is 5.69 Å². The standard InChI is InChI=1S/C19H24FN5O2/c20-15-5-1-6-16(12-15)25-11-7-17(23-25)19(27)22-8-3-10-24-9-2-4-14(13-24)18(21)26/h1,5-7,11-12,14H,2-4,8-10,13H2,(H2,21,26)(H,22,27). The lowest BCUT2D eigenvalue weighted by atomic mass is 9.97. The first-order chi connectivity index (χ1) is 13.0. The Morgan fingerprint density at radius 1 is 1.33 bits per heavy atom. The number of rotatable bonds is 7. The number of nitrogens with one attached hydrogen (secondary N) is 1. The van der Waals surface area contributed by atoms with E-state index in [1.807, 2.05) is 0 Å². The van der Waals surface area contributed by atoms with Crippen LogP contribution in [0.4, 0.5) is 4.39 Å². The Morgan fingerprint density at radius 2 is 2.19 bits per heavy atom. The van der Waals surface area contributed by atoms with Gasteiger partial charge in [-0.2, -0.15) is 5.10 Å². The number of carbonyl (C=O) groups is 2. The third-order valence-electron chi connectivity index (χ3n) is 4.74. The Bertz CT molecular complexity index is 807. The van der Waals surface area contributed by atoms with E-state index in [0.717, 1.165) is 32.4 Å². The molecule has 0 saturated carbocycles. The van der Waals surface area contributed by atoms with Crippen molar-refractivity contribution in [1.29, 1.82) is 0 Å². The van der Waals surface area contributed by atoms with Gasteiger partial charge in [-0.1, -0.05) is 6.07 Å². The molecule has 0 aliphatic carbocycles. The number of nitrogens with two attached hydrogens (primary N) is 1. The number of likely N-dealkylation sites (tertiary alicyclic amines) is 1. The highest BCUT2D eigenvalue weighted by Gasteiger charge is 2.23. The van der Waals surface area contributed by atoms with Gasteiger partial charge in [0.2, 0.25) is 5.91 Å². The number of amides is 2. The minimum atomic E-state index is -0.356. The summed E-state index contributed by atoms with van der Waals surface area (Å²) in [4.78, 5) is 25.7. The first-order valence-corrected chi connectivity index (χ1v) is 9.14. The second-order valence-electron chi connectivity index (χ2n) is 6.78. The predicted molar refractivity (Wildman–Crippen MR) is 98.8 cm³/mol. The van der Waals surface area contributed by atoms with Crippen molar-refractivity contribution < 1.29 is 14.0 Å². The second kappa shape index (κ2) is 8.77. The number of nitrogens with zero attached hydrogens (tertiary/aromatic N) is 3. The number of halogens is 1. The van der Waals surface area contributed by atoms with Gasteiger partial charge in [0.25, 0.3) is 5.91 Å². The average Bonchev–Trinajstić information content (AvgIpc) is 3.16. The van der Waals surface area contributed by atoms with E-state index in [2.05, 4.69) is 15.3 Å². The van der Waals surface area contributed by atoms with Gasteiger partial charge >= 0.3 is 0 Å². The third-order valence-corrected chi connectivity index (χ3v) is 4.74. The summed E-state index contributed by atoms with van der Waals surface area (Å²) in [6, 6.07) is 7.62. The van der Waals surface area contributed by atoms with Gasteiger partial charge in [-0.15, -0.1) is 0 Å². The minimum absolute atomic E-state index is 0.0693. The van der Waals surface area contributed by atoms with E-state index in [-0.39, 0.29) is 29.2 Å². The van der Waals surface area contributed by atoms with Gasteiger partial charge in [-0.05, 0) is 56.6 Å². The van der Waals surface area contributed by atoms with E-state index in [1.54, 1.807) is 24.4 Å². The van der Waals surface area contributed by atoms with Crippen molar-refractivity contribution in [2.45, 2.75) is 19.3 Å². The van der Waals surface area contributed by atoms with Crippen molar-refractivity contribution >= 4 is 11.8 Å². The lowest BCUT2D eigenvalue weighted by Gasteiger charge is -2.31. The third kappa shape index (κ3) is 5.13. The summed E-state index contributed by atoms with van der Waals surface area (Å²) in [7, 11) is 0. The summed E-state index contributed by atoms with van der Waals surface area (Å²) in [5.41, 5.74) is 6.23. The van der Waals surface area contributed by atoms with Crippen LogP contribution in [-0.2, 0) is 4.79 Å². The molecule has 0 radical (unpaired) electrons. The topological polar surface area (TPSA) is 93.3 Å². The normalized spacial score (nSPS) is 17.6.